The van der Waals surface area contributed by atoms with Gasteiger partial charge in [0, 0.05) is 24.7 Å². The molecule has 0 bridgehead atoms. The number of likely N-dealkylation sites (tertiary alicyclic amines) is 1. The number of rotatable bonds is 3. The van der Waals surface area contributed by atoms with E-state index in [2.05, 4.69) is 24.4 Å². The zero-order valence-electron chi connectivity index (χ0n) is 12.5. The van der Waals surface area contributed by atoms with Crippen molar-refractivity contribution in [1.82, 2.24) is 10.2 Å². The molecule has 1 aliphatic rings. The van der Waals surface area contributed by atoms with Crippen molar-refractivity contribution in [2.45, 2.75) is 25.8 Å². The molecule has 1 N–H and O–H groups in total. The molecule has 0 saturated carbocycles. The second kappa shape index (κ2) is 6.27. The predicted molar refractivity (Wildman–Crippen MR) is 86.6 cm³/mol. The van der Waals surface area contributed by atoms with Crippen LogP contribution in [0.15, 0.2) is 42.5 Å². The smallest absolute Gasteiger partial charge is 0.253 e. The molecule has 2 aromatic rings. The topological polar surface area (TPSA) is 32.3 Å². The molecule has 21 heavy (non-hydrogen) atoms. The molecular weight excluding hydrogens is 260 g/mol. The first-order valence-electron chi connectivity index (χ1n) is 7.79. The Kier molecular flexibility index (Phi) is 4.20. The number of carbonyl (C=O) groups is 1. The number of piperidine rings is 1. The van der Waals surface area contributed by atoms with Gasteiger partial charge in [0.1, 0.15) is 0 Å². The summed E-state index contributed by atoms with van der Waals surface area (Å²) in [6.45, 7) is 4.76. The summed E-state index contributed by atoms with van der Waals surface area (Å²) in [5, 5.41) is 5.76. The van der Waals surface area contributed by atoms with Gasteiger partial charge in [0.15, 0.2) is 0 Å². The summed E-state index contributed by atoms with van der Waals surface area (Å²) in [4.78, 5) is 14.7. The molecule has 2 aromatic carbocycles. The molecule has 1 aliphatic heterocycles. The van der Waals surface area contributed by atoms with Crippen LogP contribution in [0, 0.1) is 0 Å². The lowest BCUT2D eigenvalue weighted by Crippen LogP contribution is -2.47. The fourth-order valence-electron chi connectivity index (χ4n) is 3.12. The monoisotopic (exact) mass is 282 g/mol. The number of amides is 1. The van der Waals surface area contributed by atoms with Gasteiger partial charge >= 0.3 is 0 Å². The predicted octanol–water partition coefficient (Wildman–Crippen LogP) is 3.05. The van der Waals surface area contributed by atoms with E-state index < -0.39 is 0 Å². The van der Waals surface area contributed by atoms with Crippen LogP contribution < -0.4 is 5.32 Å². The van der Waals surface area contributed by atoms with Gasteiger partial charge in [-0.05, 0) is 42.3 Å². The third-order valence-corrected chi connectivity index (χ3v) is 4.20. The van der Waals surface area contributed by atoms with Crippen molar-refractivity contribution >= 4 is 16.7 Å². The van der Waals surface area contributed by atoms with Gasteiger partial charge in [-0.3, -0.25) is 4.79 Å². The highest BCUT2D eigenvalue weighted by atomic mass is 16.2. The highest BCUT2D eigenvalue weighted by Crippen LogP contribution is 2.19. The summed E-state index contributed by atoms with van der Waals surface area (Å²) < 4.78 is 0. The maximum absolute atomic E-state index is 12.7. The third-order valence-electron chi connectivity index (χ3n) is 4.20. The molecule has 3 nitrogen and oxygen atoms in total. The molecule has 3 rings (SSSR count). The molecule has 3 heteroatoms. The van der Waals surface area contributed by atoms with Gasteiger partial charge in [0.05, 0.1) is 0 Å². The van der Waals surface area contributed by atoms with E-state index in [9.17, 15) is 4.79 Å². The average molecular weight is 282 g/mol. The summed E-state index contributed by atoms with van der Waals surface area (Å²) in [6.07, 6.45) is 2.24. The zero-order chi connectivity index (χ0) is 14.7. The normalized spacial score (nSPS) is 18.9. The van der Waals surface area contributed by atoms with E-state index in [-0.39, 0.29) is 5.91 Å². The Bertz CT molecular complexity index is 636. The van der Waals surface area contributed by atoms with Gasteiger partial charge in [-0.15, -0.1) is 0 Å². The maximum Gasteiger partial charge on any atom is 0.253 e. The Balaban J connectivity index is 1.79. The van der Waals surface area contributed by atoms with E-state index >= 15 is 0 Å². The highest BCUT2D eigenvalue weighted by molar-refractivity contribution is 5.98. The molecule has 1 fully saturated rings. The van der Waals surface area contributed by atoms with Crippen LogP contribution in [0.4, 0.5) is 0 Å². The Hall–Kier alpha value is -1.87. The summed E-state index contributed by atoms with van der Waals surface area (Å²) in [5.74, 6) is 0.156. The fraction of sp³-hybridized carbons (Fsp3) is 0.389. The van der Waals surface area contributed by atoms with Crippen molar-refractivity contribution < 1.29 is 4.79 Å². The molecule has 0 aromatic heterocycles. The molecular formula is C18H22N2O. The van der Waals surface area contributed by atoms with Gasteiger partial charge in [-0.1, -0.05) is 37.3 Å². The van der Waals surface area contributed by atoms with Crippen LogP contribution >= 0.6 is 0 Å². The van der Waals surface area contributed by atoms with Crippen LogP contribution in [-0.2, 0) is 0 Å². The standard InChI is InChI=1S/C18H22N2O/c1-2-19-17-8-5-11-20(13-17)18(21)16-10-9-14-6-3-4-7-15(14)12-16/h3-4,6-7,9-10,12,17,19H,2,5,8,11,13H2,1H3. The van der Waals surface area contributed by atoms with Gasteiger partial charge in [-0.25, -0.2) is 0 Å². The quantitative estimate of drug-likeness (QED) is 0.938. The Morgan fingerprint density at radius 3 is 2.86 bits per heavy atom. The van der Waals surface area contributed by atoms with Gasteiger partial charge < -0.3 is 10.2 Å². The van der Waals surface area contributed by atoms with Crippen LogP contribution in [-0.4, -0.2) is 36.5 Å². The van der Waals surface area contributed by atoms with Crippen molar-refractivity contribution in [2.75, 3.05) is 19.6 Å². The second-order valence-electron chi connectivity index (χ2n) is 5.71. The average Bonchev–Trinajstić information content (AvgIpc) is 2.54. The van der Waals surface area contributed by atoms with Crippen molar-refractivity contribution in [2.24, 2.45) is 0 Å². The number of hydrogen-bond acceptors (Lipinski definition) is 2. The summed E-state index contributed by atoms with van der Waals surface area (Å²) in [5.41, 5.74) is 0.797. The molecule has 0 radical (unpaired) electrons. The van der Waals surface area contributed by atoms with Crippen LogP contribution in [0.1, 0.15) is 30.1 Å². The number of carbonyl (C=O) groups excluding carboxylic acids is 1. The van der Waals surface area contributed by atoms with Crippen molar-refractivity contribution in [1.29, 1.82) is 0 Å². The number of nitrogens with one attached hydrogen (secondary N) is 1. The zero-order valence-corrected chi connectivity index (χ0v) is 12.5. The lowest BCUT2D eigenvalue weighted by atomic mass is 10.0. The summed E-state index contributed by atoms with van der Waals surface area (Å²) >= 11 is 0. The second-order valence-corrected chi connectivity index (χ2v) is 5.71. The lowest BCUT2D eigenvalue weighted by Gasteiger charge is -2.33. The fourth-order valence-corrected chi connectivity index (χ4v) is 3.12. The van der Waals surface area contributed by atoms with Crippen molar-refractivity contribution in [3.8, 4) is 0 Å². The third kappa shape index (κ3) is 3.08. The number of nitrogens with zero attached hydrogens (tertiary/aromatic N) is 1. The minimum Gasteiger partial charge on any atom is -0.337 e. The van der Waals surface area contributed by atoms with E-state index in [1.54, 1.807) is 0 Å². The molecule has 1 atom stereocenters. The van der Waals surface area contributed by atoms with Gasteiger partial charge in [0.25, 0.3) is 5.91 Å². The molecule has 110 valence electrons. The molecule has 1 heterocycles. The first-order valence-corrected chi connectivity index (χ1v) is 7.79. The number of hydrogen-bond donors (Lipinski definition) is 1. The van der Waals surface area contributed by atoms with E-state index in [4.69, 9.17) is 0 Å². The van der Waals surface area contributed by atoms with Crippen LogP contribution in [0.25, 0.3) is 10.8 Å². The van der Waals surface area contributed by atoms with E-state index in [1.807, 2.05) is 35.2 Å². The minimum atomic E-state index is 0.156. The number of likely N-dealkylation sites (N-methyl/N-ethyl adjacent to an activating group) is 1. The van der Waals surface area contributed by atoms with E-state index in [1.165, 1.54) is 5.39 Å². The van der Waals surface area contributed by atoms with E-state index in [0.717, 1.165) is 43.4 Å². The minimum absolute atomic E-state index is 0.156. The molecule has 0 aliphatic carbocycles. The number of fused-ring (bicyclic) bond motifs is 1. The van der Waals surface area contributed by atoms with Crippen LogP contribution in [0.5, 0.6) is 0 Å². The first kappa shape index (κ1) is 14.1. The Morgan fingerprint density at radius 2 is 2.05 bits per heavy atom. The molecule has 1 saturated heterocycles. The van der Waals surface area contributed by atoms with Crippen molar-refractivity contribution in [3.63, 3.8) is 0 Å². The van der Waals surface area contributed by atoms with E-state index in [0.29, 0.717) is 6.04 Å². The Labute approximate surface area is 125 Å². The largest absolute Gasteiger partial charge is 0.337 e. The number of benzene rings is 2. The van der Waals surface area contributed by atoms with Crippen molar-refractivity contribution in [3.05, 3.63) is 48.0 Å². The lowest BCUT2D eigenvalue weighted by molar-refractivity contribution is 0.0696. The van der Waals surface area contributed by atoms with Gasteiger partial charge in [-0.2, -0.15) is 0 Å². The molecule has 1 amide bonds. The maximum atomic E-state index is 12.7. The highest BCUT2D eigenvalue weighted by Gasteiger charge is 2.23. The Morgan fingerprint density at radius 1 is 1.24 bits per heavy atom. The summed E-state index contributed by atoms with van der Waals surface area (Å²) in [6, 6.07) is 14.6. The molecule has 0 spiro atoms. The molecule has 1 unspecified atom stereocenters. The SMILES string of the molecule is CCNC1CCCN(C(=O)c2ccc3ccccc3c2)C1. The first-order chi connectivity index (χ1) is 10.3. The van der Waals surface area contributed by atoms with Crippen LogP contribution in [0.2, 0.25) is 0 Å². The van der Waals surface area contributed by atoms with Gasteiger partial charge in [0.2, 0.25) is 0 Å². The van der Waals surface area contributed by atoms with Crippen LogP contribution in [0.3, 0.4) is 0 Å². The summed E-state index contributed by atoms with van der Waals surface area (Å²) in [7, 11) is 0.